The van der Waals surface area contributed by atoms with E-state index < -0.39 is 0 Å². The van der Waals surface area contributed by atoms with Crippen LogP contribution in [0.4, 0.5) is 0 Å². The van der Waals surface area contributed by atoms with Crippen LogP contribution in [0.3, 0.4) is 0 Å². The number of carbonyl (C=O) groups is 1. The molecule has 0 aliphatic carbocycles. The number of rotatable bonds is 5. The van der Waals surface area contributed by atoms with Gasteiger partial charge in [0.15, 0.2) is 0 Å². The van der Waals surface area contributed by atoms with Crippen LogP contribution in [0, 0.1) is 6.92 Å². The fourth-order valence-corrected chi connectivity index (χ4v) is 2.26. The van der Waals surface area contributed by atoms with E-state index in [1.165, 1.54) is 0 Å². The minimum Gasteiger partial charge on any atom is -0.383 e. The van der Waals surface area contributed by atoms with E-state index in [0.29, 0.717) is 18.7 Å². The molecular formula is C14H20BrNO2. The Bertz CT molecular complexity index is 420. The lowest BCUT2D eigenvalue weighted by Crippen LogP contribution is -2.40. The molecule has 0 saturated carbocycles. The topological polar surface area (TPSA) is 29.5 Å². The molecule has 0 aromatic heterocycles. The van der Waals surface area contributed by atoms with Gasteiger partial charge in [0.1, 0.15) is 0 Å². The largest absolute Gasteiger partial charge is 0.383 e. The SMILES string of the molecule is CCN(C(=O)c1ccc(C)c(Br)c1)C(C)COC. The molecule has 0 spiro atoms. The van der Waals surface area contributed by atoms with E-state index in [0.717, 1.165) is 10.0 Å². The minimum absolute atomic E-state index is 0.0442. The van der Waals surface area contributed by atoms with Crippen LogP contribution in [0.1, 0.15) is 29.8 Å². The third-order valence-electron chi connectivity index (χ3n) is 2.96. The smallest absolute Gasteiger partial charge is 0.254 e. The Morgan fingerprint density at radius 1 is 1.50 bits per heavy atom. The zero-order valence-corrected chi connectivity index (χ0v) is 13.0. The van der Waals surface area contributed by atoms with Crippen molar-refractivity contribution >= 4 is 21.8 Å². The molecule has 0 aliphatic rings. The Labute approximate surface area is 117 Å². The second kappa shape index (κ2) is 6.90. The van der Waals surface area contributed by atoms with Gasteiger partial charge in [-0.05, 0) is 38.5 Å². The summed E-state index contributed by atoms with van der Waals surface area (Å²) < 4.78 is 6.07. The summed E-state index contributed by atoms with van der Waals surface area (Å²) in [5.41, 5.74) is 1.83. The lowest BCUT2D eigenvalue weighted by atomic mass is 10.1. The van der Waals surface area contributed by atoms with Crippen molar-refractivity contribution < 1.29 is 9.53 Å². The average Bonchev–Trinajstić information content (AvgIpc) is 2.33. The second-order valence-electron chi connectivity index (χ2n) is 4.36. The first-order valence-corrected chi connectivity index (χ1v) is 6.86. The molecule has 0 saturated heterocycles. The Hall–Kier alpha value is -0.870. The first-order valence-electron chi connectivity index (χ1n) is 6.07. The zero-order valence-electron chi connectivity index (χ0n) is 11.4. The molecule has 0 bridgehead atoms. The highest BCUT2D eigenvalue weighted by atomic mass is 79.9. The highest BCUT2D eigenvalue weighted by Crippen LogP contribution is 2.19. The van der Waals surface area contributed by atoms with E-state index in [1.807, 2.05) is 43.9 Å². The first-order chi connectivity index (χ1) is 8.51. The molecule has 0 aliphatic heterocycles. The molecule has 1 amide bonds. The van der Waals surface area contributed by atoms with Crippen molar-refractivity contribution in [2.24, 2.45) is 0 Å². The molecule has 18 heavy (non-hydrogen) atoms. The summed E-state index contributed by atoms with van der Waals surface area (Å²) in [5.74, 6) is 0.0442. The van der Waals surface area contributed by atoms with Crippen LogP contribution < -0.4 is 0 Å². The summed E-state index contributed by atoms with van der Waals surface area (Å²) in [6.07, 6.45) is 0. The Morgan fingerprint density at radius 2 is 2.17 bits per heavy atom. The predicted molar refractivity (Wildman–Crippen MR) is 76.9 cm³/mol. The van der Waals surface area contributed by atoms with E-state index in [9.17, 15) is 4.79 Å². The van der Waals surface area contributed by atoms with Gasteiger partial charge in [0, 0.05) is 23.7 Å². The van der Waals surface area contributed by atoms with Gasteiger partial charge in [-0.15, -0.1) is 0 Å². The van der Waals surface area contributed by atoms with Gasteiger partial charge in [-0.3, -0.25) is 4.79 Å². The van der Waals surface area contributed by atoms with Gasteiger partial charge in [-0.2, -0.15) is 0 Å². The van der Waals surface area contributed by atoms with Crippen molar-refractivity contribution in [3.05, 3.63) is 33.8 Å². The van der Waals surface area contributed by atoms with E-state index in [1.54, 1.807) is 7.11 Å². The maximum atomic E-state index is 12.4. The molecule has 1 atom stereocenters. The minimum atomic E-state index is 0.0442. The molecule has 0 fully saturated rings. The van der Waals surface area contributed by atoms with E-state index in [2.05, 4.69) is 15.9 Å². The van der Waals surface area contributed by atoms with Gasteiger partial charge in [-0.25, -0.2) is 0 Å². The van der Waals surface area contributed by atoms with Crippen LogP contribution in [-0.4, -0.2) is 37.1 Å². The molecule has 4 heteroatoms. The van der Waals surface area contributed by atoms with Gasteiger partial charge < -0.3 is 9.64 Å². The number of amides is 1. The van der Waals surface area contributed by atoms with E-state index in [-0.39, 0.29) is 11.9 Å². The predicted octanol–water partition coefficient (Wildman–Crippen LogP) is 3.25. The van der Waals surface area contributed by atoms with Crippen LogP contribution in [0.5, 0.6) is 0 Å². The molecule has 1 rings (SSSR count). The van der Waals surface area contributed by atoms with Crippen molar-refractivity contribution in [3.8, 4) is 0 Å². The van der Waals surface area contributed by atoms with Crippen molar-refractivity contribution in [1.82, 2.24) is 4.90 Å². The number of methoxy groups -OCH3 is 1. The molecule has 1 unspecified atom stereocenters. The van der Waals surface area contributed by atoms with Crippen LogP contribution >= 0.6 is 15.9 Å². The van der Waals surface area contributed by atoms with Crippen molar-refractivity contribution in [2.45, 2.75) is 26.8 Å². The summed E-state index contributed by atoms with van der Waals surface area (Å²) in [5, 5.41) is 0. The molecule has 0 heterocycles. The lowest BCUT2D eigenvalue weighted by molar-refractivity contribution is 0.0579. The molecular weight excluding hydrogens is 294 g/mol. The molecule has 3 nitrogen and oxygen atoms in total. The lowest BCUT2D eigenvalue weighted by Gasteiger charge is -2.27. The first kappa shape index (κ1) is 15.2. The van der Waals surface area contributed by atoms with Crippen LogP contribution in [-0.2, 0) is 4.74 Å². The third-order valence-corrected chi connectivity index (χ3v) is 3.81. The number of nitrogens with zero attached hydrogens (tertiary/aromatic N) is 1. The number of halogens is 1. The standard InChI is InChI=1S/C14H20BrNO2/c1-5-16(11(3)9-18-4)14(17)12-7-6-10(2)13(15)8-12/h6-8,11H,5,9H2,1-4H3. The fourth-order valence-electron chi connectivity index (χ4n) is 1.88. The number of hydrogen-bond acceptors (Lipinski definition) is 2. The summed E-state index contributed by atoms with van der Waals surface area (Å²) in [7, 11) is 1.65. The van der Waals surface area contributed by atoms with Gasteiger partial charge in [-0.1, -0.05) is 22.0 Å². The highest BCUT2D eigenvalue weighted by molar-refractivity contribution is 9.10. The maximum absolute atomic E-state index is 12.4. The van der Waals surface area contributed by atoms with Crippen LogP contribution in [0.15, 0.2) is 22.7 Å². The number of benzene rings is 1. The van der Waals surface area contributed by atoms with Gasteiger partial charge in [0.2, 0.25) is 0 Å². The molecule has 1 aromatic carbocycles. The van der Waals surface area contributed by atoms with E-state index in [4.69, 9.17) is 4.74 Å². The summed E-state index contributed by atoms with van der Waals surface area (Å²) in [6.45, 7) is 7.20. The molecule has 0 radical (unpaired) electrons. The van der Waals surface area contributed by atoms with Crippen LogP contribution in [0.2, 0.25) is 0 Å². The Morgan fingerprint density at radius 3 is 2.67 bits per heavy atom. The monoisotopic (exact) mass is 313 g/mol. The van der Waals surface area contributed by atoms with Gasteiger partial charge >= 0.3 is 0 Å². The summed E-state index contributed by atoms with van der Waals surface area (Å²) in [6, 6.07) is 5.77. The molecule has 1 aromatic rings. The number of ether oxygens (including phenoxy) is 1. The van der Waals surface area contributed by atoms with Gasteiger partial charge in [0.05, 0.1) is 12.6 Å². The maximum Gasteiger partial charge on any atom is 0.254 e. The summed E-state index contributed by atoms with van der Waals surface area (Å²) in [4.78, 5) is 14.2. The fraction of sp³-hybridized carbons (Fsp3) is 0.500. The van der Waals surface area contributed by atoms with Crippen LogP contribution in [0.25, 0.3) is 0 Å². The zero-order chi connectivity index (χ0) is 13.7. The van der Waals surface area contributed by atoms with Crippen molar-refractivity contribution in [3.63, 3.8) is 0 Å². The number of hydrogen-bond donors (Lipinski definition) is 0. The summed E-state index contributed by atoms with van der Waals surface area (Å²) >= 11 is 3.46. The second-order valence-corrected chi connectivity index (χ2v) is 5.21. The average molecular weight is 314 g/mol. The number of likely N-dealkylation sites (N-methyl/N-ethyl adjacent to an activating group) is 1. The Kier molecular flexibility index (Phi) is 5.82. The van der Waals surface area contributed by atoms with Crippen molar-refractivity contribution in [2.75, 3.05) is 20.3 Å². The molecule has 100 valence electrons. The number of carbonyl (C=O) groups excluding carboxylic acids is 1. The van der Waals surface area contributed by atoms with Crippen molar-refractivity contribution in [1.29, 1.82) is 0 Å². The quantitative estimate of drug-likeness (QED) is 0.835. The Balaban J connectivity index is 2.92. The van der Waals surface area contributed by atoms with E-state index >= 15 is 0 Å². The third kappa shape index (κ3) is 3.56. The highest BCUT2D eigenvalue weighted by Gasteiger charge is 2.20. The normalized spacial score (nSPS) is 12.3. The number of aryl methyl sites for hydroxylation is 1. The van der Waals surface area contributed by atoms with Gasteiger partial charge in [0.25, 0.3) is 5.91 Å². The molecule has 0 N–H and O–H groups in total.